The highest BCUT2D eigenvalue weighted by Gasteiger charge is 2.11. The average molecular weight is 236 g/mol. The van der Waals surface area contributed by atoms with E-state index in [4.69, 9.17) is 4.74 Å². The molecule has 1 aromatic rings. The molecule has 0 amide bonds. The first kappa shape index (κ1) is 12.3. The van der Waals surface area contributed by atoms with Crippen molar-refractivity contribution in [1.29, 1.82) is 0 Å². The number of aryl methyl sites for hydroxylation is 1. The molecule has 0 spiro atoms. The highest BCUT2D eigenvalue weighted by molar-refractivity contribution is 5.34. The van der Waals surface area contributed by atoms with Crippen molar-refractivity contribution in [3.8, 4) is 0 Å². The first-order valence-corrected chi connectivity index (χ1v) is 6.10. The fourth-order valence-electron chi connectivity index (χ4n) is 1.98. The number of nitrogens with zero attached hydrogens (tertiary/aromatic N) is 3. The maximum Gasteiger partial charge on any atom is 0.144 e. The predicted molar refractivity (Wildman–Crippen MR) is 67.0 cm³/mol. The summed E-state index contributed by atoms with van der Waals surface area (Å²) < 4.78 is 5.44. The lowest BCUT2D eigenvalue weighted by Crippen LogP contribution is -2.27. The summed E-state index contributed by atoms with van der Waals surface area (Å²) in [7, 11) is 1.88. The molecule has 0 atom stereocenters. The van der Waals surface area contributed by atoms with Gasteiger partial charge in [-0.1, -0.05) is 0 Å². The van der Waals surface area contributed by atoms with Gasteiger partial charge in [0.1, 0.15) is 11.6 Å². The summed E-state index contributed by atoms with van der Waals surface area (Å²) >= 11 is 0. The molecule has 2 heterocycles. The van der Waals surface area contributed by atoms with Crippen molar-refractivity contribution in [1.82, 2.24) is 14.9 Å². The first-order chi connectivity index (χ1) is 8.28. The fourth-order valence-corrected chi connectivity index (χ4v) is 1.98. The highest BCUT2D eigenvalue weighted by atomic mass is 16.5. The molecule has 2 rings (SSSR count). The van der Waals surface area contributed by atoms with Crippen LogP contribution in [0.15, 0.2) is 6.07 Å². The summed E-state index contributed by atoms with van der Waals surface area (Å²) in [6, 6.07) is 1.95. The minimum absolute atomic E-state index is 0.805. The SMILES string of the molecule is CNc1cc(C)nc(CN2CCCOCC2)n1. The lowest BCUT2D eigenvalue weighted by Gasteiger charge is -2.18. The third kappa shape index (κ3) is 3.64. The summed E-state index contributed by atoms with van der Waals surface area (Å²) in [6.07, 6.45) is 1.09. The second kappa shape index (κ2) is 5.93. The van der Waals surface area contributed by atoms with E-state index >= 15 is 0 Å². The highest BCUT2D eigenvalue weighted by Crippen LogP contribution is 2.08. The molecule has 0 aliphatic carbocycles. The van der Waals surface area contributed by atoms with E-state index in [1.807, 2.05) is 20.0 Å². The fraction of sp³-hybridized carbons (Fsp3) is 0.667. The van der Waals surface area contributed by atoms with Crippen LogP contribution in [-0.4, -0.2) is 48.2 Å². The largest absolute Gasteiger partial charge is 0.380 e. The molecule has 0 saturated carbocycles. The van der Waals surface area contributed by atoms with Gasteiger partial charge >= 0.3 is 0 Å². The van der Waals surface area contributed by atoms with Gasteiger partial charge in [0.15, 0.2) is 0 Å². The summed E-state index contributed by atoms with van der Waals surface area (Å²) in [6.45, 7) is 6.51. The van der Waals surface area contributed by atoms with Crippen LogP contribution in [0.25, 0.3) is 0 Å². The van der Waals surface area contributed by atoms with Crippen LogP contribution in [0, 0.1) is 6.92 Å². The van der Waals surface area contributed by atoms with E-state index in [2.05, 4.69) is 20.2 Å². The molecular formula is C12H20N4O. The zero-order valence-electron chi connectivity index (χ0n) is 10.6. The summed E-state index contributed by atoms with van der Waals surface area (Å²) in [5, 5.41) is 3.06. The minimum Gasteiger partial charge on any atom is -0.380 e. The zero-order chi connectivity index (χ0) is 12.1. The monoisotopic (exact) mass is 236 g/mol. The van der Waals surface area contributed by atoms with Gasteiger partial charge in [-0.3, -0.25) is 4.90 Å². The quantitative estimate of drug-likeness (QED) is 0.850. The molecule has 5 heteroatoms. The molecule has 17 heavy (non-hydrogen) atoms. The van der Waals surface area contributed by atoms with Gasteiger partial charge in [-0.15, -0.1) is 0 Å². The number of hydrogen-bond acceptors (Lipinski definition) is 5. The van der Waals surface area contributed by atoms with Gasteiger partial charge < -0.3 is 10.1 Å². The van der Waals surface area contributed by atoms with Crippen molar-refractivity contribution in [3.05, 3.63) is 17.6 Å². The Bertz CT molecular complexity index is 362. The zero-order valence-corrected chi connectivity index (χ0v) is 10.6. The Morgan fingerprint density at radius 1 is 1.35 bits per heavy atom. The molecule has 0 radical (unpaired) electrons. The first-order valence-electron chi connectivity index (χ1n) is 6.10. The Hall–Kier alpha value is -1.20. The number of ether oxygens (including phenoxy) is 1. The van der Waals surface area contributed by atoms with E-state index in [1.54, 1.807) is 0 Å². The number of nitrogens with one attached hydrogen (secondary N) is 1. The molecule has 5 nitrogen and oxygen atoms in total. The summed E-state index contributed by atoms with van der Waals surface area (Å²) in [5.41, 5.74) is 1.01. The van der Waals surface area contributed by atoms with Crippen molar-refractivity contribution < 1.29 is 4.74 Å². The topological polar surface area (TPSA) is 50.3 Å². The van der Waals surface area contributed by atoms with Gasteiger partial charge in [-0.2, -0.15) is 0 Å². The second-order valence-electron chi connectivity index (χ2n) is 4.30. The smallest absolute Gasteiger partial charge is 0.144 e. The van der Waals surface area contributed by atoms with E-state index < -0.39 is 0 Å². The van der Waals surface area contributed by atoms with Gasteiger partial charge in [0, 0.05) is 38.5 Å². The maximum absolute atomic E-state index is 5.44. The summed E-state index contributed by atoms with van der Waals surface area (Å²) in [5.74, 6) is 1.77. The van der Waals surface area contributed by atoms with E-state index in [-0.39, 0.29) is 0 Å². The molecule has 1 aromatic heterocycles. The summed E-state index contributed by atoms with van der Waals surface area (Å²) in [4.78, 5) is 11.3. The standard InChI is InChI=1S/C12H20N4O/c1-10-8-11(13-2)15-12(14-10)9-16-4-3-6-17-7-5-16/h8H,3-7,9H2,1-2H3,(H,13,14,15). The lowest BCUT2D eigenvalue weighted by atomic mass is 10.3. The molecule has 0 bridgehead atoms. The van der Waals surface area contributed by atoms with Gasteiger partial charge in [0.2, 0.25) is 0 Å². The molecule has 1 aliphatic rings. The Morgan fingerprint density at radius 3 is 3.06 bits per heavy atom. The van der Waals surface area contributed by atoms with Gasteiger partial charge in [-0.05, 0) is 13.3 Å². The number of hydrogen-bond donors (Lipinski definition) is 1. The Labute approximate surface area is 102 Å². The molecule has 0 aromatic carbocycles. The van der Waals surface area contributed by atoms with Crippen LogP contribution in [0.3, 0.4) is 0 Å². The van der Waals surface area contributed by atoms with Crippen LogP contribution in [0.5, 0.6) is 0 Å². The minimum atomic E-state index is 0.805. The van der Waals surface area contributed by atoms with E-state index in [0.29, 0.717) is 0 Å². The van der Waals surface area contributed by atoms with Gasteiger partial charge in [0.25, 0.3) is 0 Å². The lowest BCUT2D eigenvalue weighted by molar-refractivity contribution is 0.140. The van der Waals surface area contributed by atoms with Gasteiger partial charge in [-0.25, -0.2) is 9.97 Å². The molecule has 1 fully saturated rings. The molecule has 0 unspecified atom stereocenters. The maximum atomic E-state index is 5.44. The predicted octanol–water partition coefficient (Wildman–Crippen LogP) is 1.05. The molecule has 1 aliphatic heterocycles. The molecule has 94 valence electrons. The third-order valence-electron chi connectivity index (χ3n) is 2.84. The van der Waals surface area contributed by atoms with Crippen LogP contribution in [0.2, 0.25) is 0 Å². The second-order valence-corrected chi connectivity index (χ2v) is 4.30. The number of anilines is 1. The number of aromatic nitrogens is 2. The van der Waals surface area contributed by atoms with Crippen molar-refractivity contribution in [2.24, 2.45) is 0 Å². The van der Waals surface area contributed by atoms with Crippen LogP contribution in [0.4, 0.5) is 5.82 Å². The number of rotatable bonds is 3. The molecule has 1 N–H and O–H groups in total. The Balaban J connectivity index is 2.03. The third-order valence-corrected chi connectivity index (χ3v) is 2.84. The van der Waals surface area contributed by atoms with E-state index in [1.165, 1.54) is 0 Å². The van der Waals surface area contributed by atoms with Gasteiger partial charge in [0.05, 0.1) is 13.2 Å². The van der Waals surface area contributed by atoms with Crippen molar-refractivity contribution in [2.75, 3.05) is 38.7 Å². The molecule has 1 saturated heterocycles. The van der Waals surface area contributed by atoms with Crippen molar-refractivity contribution >= 4 is 5.82 Å². The Kier molecular flexibility index (Phi) is 4.28. The van der Waals surface area contributed by atoms with Crippen LogP contribution in [-0.2, 0) is 11.3 Å². The van der Waals surface area contributed by atoms with E-state index in [0.717, 1.165) is 56.6 Å². The van der Waals surface area contributed by atoms with Crippen molar-refractivity contribution in [2.45, 2.75) is 19.9 Å². The average Bonchev–Trinajstić information content (AvgIpc) is 2.57. The Morgan fingerprint density at radius 2 is 2.24 bits per heavy atom. The van der Waals surface area contributed by atoms with Crippen molar-refractivity contribution in [3.63, 3.8) is 0 Å². The van der Waals surface area contributed by atoms with Crippen LogP contribution < -0.4 is 5.32 Å². The van der Waals surface area contributed by atoms with Crippen LogP contribution in [0.1, 0.15) is 17.9 Å². The van der Waals surface area contributed by atoms with E-state index in [9.17, 15) is 0 Å². The molecular weight excluding hydrogens is 216 g/mol. The van der Waals surface area contributed by atoms with Crippen LogP contribution >= 0.6 is 0 Å². The normalized spacial score (nSPS) is 17.8.